The summed E-state index contributed by atoms with van der Waals surface area (Å²) in [5.74, 6) is -0.00403. The Bertz CT molecular complexity index is 278. The molecule has 84 valence electrons. The van der Waals surface area contributed by atoms with Crippen molar-refractivity contribution < 1.29 is 9.59 Å². The average Bonchev–Trinajstić information content (AvgIpc) is 2.16. The lowest BCUT2D eigenvalue weighted by molar-refractivity contribution is -0.119. The minimum Gasteiger partial charge on any atom is -0.354 e. The number of nitrogens with zero attached hydrogens (tertiary/aromatic N) is 1. The maximum absolute atomic E-state index is 10.8. The van der Waals surface area contributed by atoms with Crippen LogP contribution in [0, 0.1) is 0 Å². The van der Waals surface area contributed by atoms with Crippen LogP contribution < -0.4 is 16.5 Å². The number of carbonyl (C=O) groups is 2. The smallest absolute Gasteiger partial charge is 0.332 e. The molecule has 0 atom stereocenters. The number of carbonyl (C=O) groups excluding carboxylic acids is 2. The zero-order valence-electron chi connectivity index (χ0n) is 8.75. The number of amides is 3. The van der Waals surface area contributed by atoms with E-state index >= 15 is 0 Å². The summed E-state index contributed by atoms with van der Waals surface area (Å²) in [6, 6.07) is -0.415. The van der Waals surface area contributed by atoms with Gasteiger partial charge in [0.15, 0.2) is 0 Å². The molecule has 15 heavy (non-hydrogen) atoms. The van der Waals surface area contributed by atoms with Crippen LogP contribution in [0.1, 0.15) is 32.6 Å². The number of hydrogen-bond acceptors (Lipinski definition) is 3. The van der Waals surface area contributed by atoms with Gasteiger partial charge < -0.3 is 11.1 Å². The van der Waals surface area contributed by atoms with Gasteiger partial charge in [0, 0.05) is 18.7 Å². The van der Waals surface area contributed by atoms with Gasteiger partial charge in [-0.1, -0.05) is 0 Å². The van der Waals surface area contributed by atoms with E-state index in [9.17, 15) is 9.59 Å². The number of hydrazone groups is 1. The second kappa shape index (κ2) is 5.33. The topological polar surface area (TPSA) is 96.6 Å². The summed E-state index contributed by atoms with van der Waals surface area (Å²) in [6.07, 6.45) is 3.29. The second-order valence-corrected chi connectivity index (χ2v) is 3.63. The molecule has 0 spiro atoms. The van der Waals surface area contributed by atoms with Gasteiger partial charge in [-0.3, -0.25) is 4.79 Å². The highest BCUT2D eigenvalue weighted by Crippen LogP contribution is 2.15. The van der Waals surface area contributed by atoms with Gasteiger partial charge in [-0.2, -0.15) is 5.10 Å². The Morgan fingerprint density at radius 1 is 1.40 bits per heavy atom. The summed E-state index contributed by atoms with van der Waals surface area (Å²) in [7, 11) is 0. The summed E-state index contributed by atoms with van der Waals surface area (Å²) in [5.41, 5.74) is 8.03. The Balaban J connectivity index is 2.32. The monoisotopic (exact) mass is 212 g/mol. The number of rotatable bonds is 2. The van der Waals surface area contributed by atoms with Gasteiger partial charge in [0.1, 0.15) is 0 Å². The third kappa shape index (κ3) is 4.44. The molecule has 0 aromatic carbocycles. The van der Waals surface area contributed by atoms with E-state index in [4.69, 9.17) is 5.73 Å². The molecule has 0 aromatic rings. The highest BCUT2D eigenvalue weighted by molar-refractivity contribution is 5.86. The van der Waals surface area contributed by atoms with Gasteiger partial charge in [0.25, 0.3) is 0 Å². The van der Waals surface area contributed by atoms with Crippen LogP contribution in [0.15, 0.2) is 5.10 Å². The van der Waals surface area contributed by atoms with Crippen molar-refractivity contribution >= 4 is 17.6 Å². The van der Waals surface area contributed by atoms with Crippen LogP contribution in [0.3, 0.4) is 0 Å². The molecule has 0 bridgehead atoms. The van der Waals surface area contributed by atoms with Crippen LogP contribution in [-0.2, 0) is 4.79 Å². The number of nitrogens with one attached hydrogen (secondary N) is 2. The van der Waals surface area contributed by atoms with Crippen LogP contribution in [-0.4, -0.2) is 23.7 Å². The van der Waals surface area contributed by atoms with E-state index in [0.29, 0.717) is 0 Å². The summed E-state index contributed by atoms with van der Waals surface area (Å²) in [6.45, 7) is 1.51. The molecule has 6 nitrogen and oxygen atoms in total. The number of hydrogen-bond donors (Lipinski definition) is 3. The van der Waals surface area contributed by atoms with Crippen molar-refractivity contribution in [2.45, 2.75) is 38.6 Å². The molecule has 0 aromatic heterocycles. The molecule has 4 N–H and O–H groups in total. The first kappa shape index (κ1) is 11.5. The Hall–Kier alpha value is -1.59. The standard InChI is InChI=1S/C9H16N4O2/c1-6(14)11-7-2-4-8(5-3-7)12-13-9(10)15/h7H,2-5H2,1H3,(H,11,14)(H3,10,13,15). The molecule has 1 aliphatic rings. The first-order valence-electron chi connectivity index (χ1n) is 4.96. The summed E-state index contributed by atoms with van der Waals surface area (Å²) in [4.78, 5) is 21.2. The predicted octanol–water partition coefficient (Wildman–Crippen LogP) is 0.0894. The summed E-state index contributed by atoms with van der Waals surface area (Å²) >= 11 is 0. The largest absolute Gasteiger partial charge is 0.354 e. The minimum absolute atomic E-state index is 0.00403. The molecule has 0 aliphatic heterocycles. The average molecular weight is 212 g/mol. The van der Waals surface area contributed by atoms with Crippen LogP contribution in [0.4, 0.5) is 4.79 Å². The van der Waals surface area contributed by atoms with Crippen molar-refractivity contribution in [3.05, 3.63) is 0 Å². The summed E-state index contributed by atoms with van der Waals surface area (Å²) in [5, 5.41) is 6.74. The van der Waals surface area contributed by atoms with Gasteiger partial charge >= 0.3 is 6.03 Å². The van der Waals surface area contributed by atoms with Gasteiger partial charge in [-0.15, -0.1) is 0 Å². The molecular weight excluding hydrogens is 196 g/mol. The van der Waals surface area contributed by atoms with E-state index in [2.05, 4.69) is 15.8 Å². The lowest BCUT2D eigenvalue weighted by Crippen LogP contribution is -2.37. The molecule has 0 radical (unpaired) electrons. The molecule has 1 fully saturated rings. The molecule has 3 amide bonds. The fourth-order valence-electron chi connectivity index (χ4n) is 1.63. The van der Waals surface area contributed by atoms with Gasteiger partial charge in [-0.05, 0) is 25.7 Å². The Morgan fingerprint density at radius 3 is 2.47 bits per heavy atom. The number of nitrogens with two attached hydrogens (primary N) is 1. The second-order valence-electron chi connectivity index (χ2n) is 3.63. The van der Waals surface area contributed by atoms with E-state index in [0.717, 1.165) is 31.4 Å². The zero-order valence-corrected chi connectivity index (χ0v) is 8.75. The third-order valence-corrected chi connectivity index (χ3v) is 2.29. The van der Waals surface area contributed by atoms with Gasteiger partial charge in [0.2, 0.25) is 5.91 Å². The lowest BCUT2D eigenvalue weighted by Gasteiger charge is -2.23. The fraction of sp³-hybridized carbons (Fsp3) is 0.667. The molecule has 6 heteroatoms. The normalized spacial score (nSPS) is 20.6. The van der Waals surface area contributed by atoms with Crippen LogP contribution in [0.2, 0.25) is 0 Å². The van der Waals surface area contributed by atoms with Gasteiger partial charge in [0.05, 0.1) is 0 Å². The maximum atomic E-state index is 10.8. The molecule has 1 rings (SSSR count). The lowest BCUT2D eigenvalue weighted by atomic mass is 9.94. The van der Waals surface area contributed by atoms with E-state index in [1.165, 1.54) is 6.92 Å². The highest BCUT2D eigenvalue weighted by atomic mass is 16.2. The Labute approximate surface area is 88.3 Å². The number of primary amides is 1. The quantitative estimate of drug-likeness (QED) is 0.565. The maximum Gasteiger partial charge on any atom is 0.332 e. The molecule has 1 saturated carbocycles. The van der Waals surface area contributed by atoms with Crippen molar-refractivity contribution in [2.24, 2.45) is 10.8 Å². The van der Waals surface area contributed by atoms with E-state index < -0.39 is 6.03 Å². The molecular formula is C9H16N4O2. The predicted molar refractivity (Wildman–Crippen MR) is 56.2 cm³/mol. The van der Waals surface area contributed by atoms with Crippen molar-refractivity contribution in [1.29, 1.82) is 0 Å². The molecule has 0 heterocycles. The van der Waals surface area contributed by atoms with Crippen molar-refractivity contribution in [2.75, 3.05) is 0 Å². The summed E-state index contributed by atoms with van der Waals surface area (Å²) < 4.78 is 0. The van der Waals surface area contributed by atoms with Crippen molar-refractivity contribution in [3.63, 3.8) is 0 Å². The van der Waals surface area contributed by atoms with E-state index in [1.807, 2.05) is 0 Å². The van der Waals surface area contributed by atoms with Crippen molar-refractivity contribution in [1.82, 2.24) is 10.7 Å². The Morgan fingerprint density at radius 2 is 2.00 bits per heavy atom. The van der Waals surface area contributed by atoms with Crippen LogP contribution in [0.5, 0.6) is 0 Å². The minimum atomic E-state index is -0.647. The number of urea groups is 1. The van der Waals surface area contributed by atoms with Gasteiger partial charge in [-0.25, -0.2) is 10.2 Å². The Kier molecular flexibility index (Phi) is 4.08. The fourth-order valence-corrected chi connectivity index (χ4v) is 1.63. The molecule has 0 saturated heterocycles. The van der Waals surface area contributed by atoms with Crippen LogP contribution >= 0.6 is 0 Å². The first-order valence-corrected chi connectivity index (χ1v) is 4.96. The third-order valence-electron chi connectivity index (χ3n) is 2.29. The molecule has 0 unspecified atom stereocenters. The molecule has 1 aliphatic carbocycles. The van der Waals surface area contributed by atoms with Crippen LogP contribution in [0.25, 0.3) is 0 Å². The highest BCUT2D eigenvalue weighted by Gasteiger charge is 2.18. The van der Waals surface area contributed by atoms with E-state index in [-0.39, 0.29) is 11.9 Å². The first-order chi connectivity index (χ1) is 7.08. The SMILES string of the molecule is CC(=O)NC1CCC(=NNC(N)=O)CC1. The zero-order chi connectivity index (χ0) is 11.3. The van der Waals surface area contributed by atoms with E-state index in [1.54, 1.807) is 0 Å². The van der Waals surface area contributed by atoms with Crippen molar-refractivity contribution in [3.8, 4) is 0 Å².